The average Bonchev–Trinajstić information content (AvgIpc) is 3.24. The Balaban J connectivity index is 1.62. The first-order valence-corrected chi connectivity index (χ1v) is 8.85. The van der Waals surface area contributed by atoms with Crippen LogP contribution in [0.5, 0.6) is 0 Å². The molecule has 24 heavy (non-hydrogen) atoms. The van der Waals surface area contributed by atoms with E-state index in [2.05, 4.69) is 5.32 Å². The van der Waals surface area contributed by atoms with Gasteiger partial charge in [-0.05, 0) is 36.4 Å². The van der Waals surface area contributed by atoms with Crippen LogP contribution in [-0.2, 0) is 23.1 Å². The van der Waals surface area contributed by atoms with Gasteiger partial charge in [-0.25, -0.2) is 0 Å². The van der Waals surface area contributed by atoms with Crippen molar-refractivity contribution in [2.45, 2.75) is 17.2 Å². The monoisotopic (exact) mass is 363 g/mol. The molecule has 7 heteroatoms. The molecular formula is C17H14ClNO4S. The van der Waals surface area contributed by atoms with Gasteiger partial charge in [0.2, 0.25) is 0 Å². The Kier molecular flexibility index (Phi) is 5.17. The molecule has 1 N–H and O–H groups in total. The number of amides is 1. The lowest BCUT2D eigenvalue weighted by Crippen LogP contribution is -2.21. The number of hydrogen-bond donors (Lipinski definition) is 1. The van der Waals surface area contributed by atoms with Crippen LogP contribution in [-0.4, -0.2) is 10.1 Å². The molecule has 1 aromatic carbocycles. The molecule has 2 aromatic heterocycles. The Morgan fingerprint density at radius 2 is 1.92 bits per heavy atom. The molecule has 0 radical (unpaired) electrons. The summed E-state index contributed by atoms with van der Waals surface area (Å²) in [5.41, 5.74) is 0. The molecule has 0 saturated carbocycles. The van der Waals surface area contributed by atoms with Crippen molar-refractivity contribution in [3.8, 4) is 0 Å². The minimum atomic E-state index is -1.35. The normalized spacial score (nSPS) is 12.0. The lowest BCUT2D eigenvalue weighted by Gasteiger charge is -2.03. The van der Waals surface area contributed by atoms with Gasteiger partial charge >= 0.3 is 0 Å². The number of furan rings is 2. The molecule has 0 aliphatic rings. The molecule has 124 valence electrons. The maximum absolute atomic E-state index is 12.3. The lowest BCUT2D eigenvalue weighted by atomic mass is 10.4. The van der Waals surface area contributed by atoms with E-state index in [1.54, 1.807) is 48.5 Å². The van der Waals surface area contributed by atoms with Gasteiger partial charge in [-0.15, -0.1) is 0 Å². The van der Waals surface area contributed by atoms with Gasteiger partial charge in [-0.2, -0.15) is 0 Å². The Hall–Kier alpha value is -2.31. The minimum Gasteiger partial charge on any atom is -0.467 e. The van der Waals surface area contributed by atoms with Gasteiger partial charge in [-0.1, -0.05) is 23.7 Å². The van der Waals surface area contributed by atoms with Gasteiger partial charge in [0.25, 0.3) is 5.91 Å². The van der Waals surface area contributed by atoms with E-state index in [0.717, 1.165) is 0 Å². The fraction of sp³-hybridized carbons (Fsp3) is 0.118. The van der Waals surface area contributed by atoms with Crippen LogP contribution in [0.1, 0.15) is 22.1 Å². The number of benzene rings is 1. The molecule has 3 aromatic rings. The molecule has 0 fully saturated rings. The molecule has 1 atom stereocenters. The number of carbonyl (C=O) groups excluding carboxylic acids is 1. The molecule has 0 aliphatic carbocycles. The van der Waals surface area contributed by atoms with E-state index in [9.17, 15) is 9.00 Å². The highest BCUT2D eigenvalue weighted by molar-refractivity contribution is 7.84. The molecule has 0 bridgehead atoms. The number of hydrogen-bond acceptors (Lipinski definition) is 4. The topological polar surface area (TPSA) is 72.5 Å². The predicted molar refractivity (Wildman–Crippen MR) is 90.2 cm³/mol. The molecule has 0 spiro atoms. The molecule has 2 heterocycles. The summed E-state index contributed by atoms with van der Waals surface area (Å²) in [5.74, 6) is 1.05. The Morgan fingerprint density at radius 1 is 1.08 bits per heavy atom. The van der Waals surface area contributed by atoms with Crippen LogP contribution in [0, 0.1) is 0 Å². The summed E-state index contributed by atoms with van der Waals surface area (Å²) < 4.78 is 23.0. The molecule has 0 aliphatic heterocycles. The quantitative estimate of drug-likeness (QED) is 0.723. The fourth-order valence-electron chi connectivity index (χ4n) is 2.08. The van der Waals surface area contributed by atoms with Gasteiger partial charge in [0.05, 0.1) is 39.3 Å². The van der Waals surface area contributed by atoms with Crippen molar-refractivity contribution in [1.29, 1.82) is 0 Å². The summed E-state index contributed by atoms with van der Waals surface area (Å²) in [7, 11) is -1.35. The predicted octanol–water partition coefficient (Wildman–Crippen LogP) is 3.76. The second-order valence-electron chi connectivity index (χ2n) is 4.95. The third kappa shape index (κ3) is 3.96. The number of carbonyl (C=O) groups is 1. The zero-order chi connectivity index (χ0) is 16.9. The molecule has 0 unspecified atom stereocenters. The standard InChI is InChI=1S/C17H14ClNO4S/c18-14-5-1-2-6-16(14)24(21)11-13-7-8-15(23-13)17(20)19-10-12-4-3-9-22-12/h1-9H,10-11H2,(H,19,20)/t24-/m0/s1. The van der Waals surface area contributed by atoms with E-state index in [0.29, 0.717) is 21.4 Å². The molecule has 3 rings (SSSR count). The molecule has 1 amide bonds. The first-order chi connectivity index (χ1) is 11.6. The highest BCUT2D eigenvalue weighted by atomic mass is 35.5. The molecule has 0 saturated heterocycles. The molecule has 5 nitrogen and oxygen atoms in total. The van der Waals surface area contributed by atoms with Crippen molar-refractivity contribution in [1.82, 2.24) is 5.32 Å². The lowest BCUT2D eigenvalue weighted by molar-refractivity contribution is 0.0919. The summed E-state index contributed by atoms with van der Waals surface area (Å²) in [6.45, 7) is 0.271. The third-order valence-electron chi connectivity index (χ3n) is 3.24. The summed E-state index contributed by atoms with van der Waals surface area (Å²) in [6.07, 6.45) is 1.54. The van der Waals surface area contributed by atoms with Gasteiger partial charge in [0.1, 0.15) is 11.5 Å². The summed E-state index contributed by atoms with van der Waals surface area (Å²) in [6, 6.07) is 13.6. The highest BCUT2D eigenvalue weighted by Crippen LogP contribution is 2.22. The van der Waals surface area contributed by atoms with Crippen molar-refractivity contribution >= 4 is 28.3 Å². The van der Waals surface area contributed by atoms with Crippen LogP contribution in [0.15, 0.2) is 68.5 Å². The van der Waals surface area contributed by atoms with E-state index in [1.165, 1.54) is 6.26 Å². The zero-order valence-corrected chi connectivity index (χ0v) is 14.1. The van der Waals surface area contributed by atoms with Crippen LogP contribution in [0.2, 0.25) is 5.02 Å². The first-order valence-electron chi connectivity index (χ1n) is 7.15. The van der Waals surface area contributed by atoms with Crippen molar-refractivity contribution in [2.24, 2.45) is 0 Å². The van der Waals surface area contributed by atoms with E-state index in [-0.39, 0.29) is 24.0 Å². The van der Waals surface area contributed by atoms with E-state index < -0.39 is 10.8 Å². The van der Waals surface area contributed by atoms with E-state index in [1.807, 2.05) is 0 Å². The number of rotatable bonds is 6. The number of nitrogens with one attached hydrogen (secondary N) is 1. The van der Waals surface area contributed by atoms with Crippen molar-refractivity contribution in [3.63, 3.8) is 0 Å². The largest absolute Gasteiger partial charge is 0.467 e. The van der Waals surface area contributed by atoms with Crippen molar-refractivity contribution in [3.05, 3.63) is 77.1 Å². The zero-order valence-electron chi connectivity index (χ0n) is 12.5. The van der Waals surface area contributed by atoms with Crippen molar-refractivity contribution in [2.75, 3.05) is 0 Å². The van der Waals surface area contributed by atoms with Gasteiger partial charge < -0.3 is 14.2 Å². The van der Waals surface area contributed by atoms with Crippen LogP contribution < -0.4 is 5.32 Å². The van der Waals surface area contributed by atoms with Crippen LogP contribution in [0.4, 0.5) is 0 Å². The minimum absolute atomic E-state index is 0.148. The number of halogens is 1. The third-order valence-corrected chi connectivity index (χ3v) is 5.08. The smallest absolute Gasteiger partial charge is 0.287 e. The highest BCUT2D eigenvalue weighted by Gasteiger charge is 2.15. The second kappa shape index (κ2) is 7.51. The molecular weight excluding hydrogens is 350 g/mol. The first kappa shape index (κ1) is 16.5. The SMILES string of the molecule is O=C(NCc1ccco1)c1ccc(C[S@](=O)c2ccccc2Cl)o1. The van der Waals surface area contributed by atoms with Crippen LogP contribution in [0.3, 0.4) is 0 Å². The van der Waals surface area contributed by atoms with Gasteiger partial charge in [-0.3, -0.25) is 9.00 Å². The Morgan fingerprint density at radius 3 is 2.67 bits per heavy atom. The fourth-order valence-corrected chi connectivity index (χ4v) is 3.56. The average molecular weight is 364 g/mol. The van der Waals surface area contributed by atoms with E-state index >= 15 is 0 Å². The summed E-state index contributed by atoms with van der Waals surface area (Å²) in [5, 5.41) is 3.13. The second-order valence-corrected chi connectivity index (χ2v) is 6.78. The Bertz CT molecular complexity index is 857. The maximum Gasteiger partial charge on any atom is 0.287 e. The van der Waals surface area contributed by atoms with Crippen LogP contribution in [0.25, 0.3) is 0 Å². The van der Waals surface area contributed by atoms with Gasteiger partial charge in [0, 0.05) is 0 Å². The Labute approximate surface area is 146 Å². The van der Waals surface area contributed by atoms with Gasteiger partial charge in [0.15, 0.2) is 5.76 Å². The van der Waals surface area contributed by atoms with Crippen LogP contribution >= 0.6 is 11.6 Å². The summed E-state index contributed by atoms with van der Waals surface area (Å²) >= 11 is 6.03. The van der Waals surface area contributed by atoms with E-state index in [4.69, 9.17) is 20.4 Å². The maximum atomic E-state index is 12.3. The van der Waals surface area contributed by atoms with Crippen molar-refractivity contribution < 1.29 is 17.8 Å². The summed E-state index contributed by atoms with van der Waals surface area (Å²) in [4.78, 5) is 12.6.